The highest BCUT2D eigenvalue weighted by Gasteiger charge is 2.50. The van der Waals surface area contributed by atoms with Gasteiger partial charge >= 0.3 is 6.03 Å². The predicted octanol–water partition coefficient (Wildman–Crippen LogP) is 5.75. The summed E-state index contributed by atoms with van der Waals surface area (Å²) < 4.78 is 52.3. The van der Waals surface area contributed by atoms with Crippen LogP contribution in [0.25, 0.3) is 22.0 Å². The SMILES string of the molecule is CC1c2c(cc(F)c(Cl)c2-c2c(C(N)=O)ccc(OCCO)c2F)OC1(CNCCOC1CCN(c2cccc3c(N4CCC(=O)NC4=O)nn(C)c23)CC1)c1ccccc1. The first kappa shape index (κ1) is 41.9. The molecule has 61 heavy (non-hydrogen) atoms. The van der Waals surface area contributed by atoms with Crippen LogP contribution in [0.4, 0.5) is 25.1 Å². The van der Waals surface area contributed by atoms with Crippen LogP contribution >= 0.6 is 11.6 Å². The number of para-hydroxylation sites is 1. The van der Waals surface area contributed by atoms with Gasteiger partial charge in [-0.25, -0.2) is 13.6 Å². The Morgan fingerprint density at radius 3 is 2.56 bits per heavy atom. The van der Waals surface area contributed by atoms with Gasteiger partial charge in [0.2, 0.25) is 11.8 Å². The number of ether oxygens (including phenoxy) is 3. The first-order valence-corrected chi connectivity index (χ1v) is 20.6. The van der Waals surface area contributed by atoms with Crippen LogP contribution in [-0.2, 0) is 22.2 Å². The summed E-state index contributed by atoms with van der Waals surface area (Å²) in [6.45, 7) is 4.15. The Balaban J connectivity index is 0.960. The zero-order valence-electron chi connectivity index (χ0n) is 33.7. The van der Waals surface area contributed by atoms with Gasteiger partial charge in [0.25, 0.3) is 0 Å². The predicted molar refractivity (Wildman–Crippen MR) is 225 cm³/mol. The summed E-state index contributed by atoms with van der Waals surface area (Å²) >= 11 is 6.66. The number of nitrogens with zero attached hydrogens (tertiary/aromatic N) is 4. The number of halogens is 3. The number of imide groups is 1. The van der Waals surface area contributed by atoms with E-state index in [1.54, 1.807) is 4.68 Å². The summed E-state index contributed by atoms with van der Waals surface area (Å²) in [5.74, 6) is -3.26. The molecule has 1 aromatic heterocycles. The van der Waals surface area contributed by atoms with Crippen LogP contribution in [-0.4, -0.2) is 91.4 Å². The number of nitrogens with two attached hydrogens (primary N) is 1. The number of rotatable bonds is 14. The number of hydrogen-bond acceptors (Lipinski definition) is 10. The second-order valence-electron chi connectivity index (χ2n) is 15.4. The van der Waals surface area contributed by atoms with E-state index in [-0.39, 0.29) is 72.9 Å². The molecule has 2 unspecified atom stereocenters. The number of aryl methyl sites for hydroxylation is 1. The Morgan fingerprint density at radius 1 is 1.07 bits per heavy atom. The highest BCUT2D eigenvalue weighted by molar-refractivity contribution is 6.34. The fraction of sp³-hybridized carbons (Fsp3) is 0.364. The summed E-state index contributed by atoms with van der Waals surface area (Å²) in [5.41, 5.74) is 7.08. The number of urea groups is 1. The maximum atomic E-state index is 16.3. The molecule has 2 saturated heterocycles. The van der Waals surface area contributed by atoms with E-state index in [9.17, 15) is 19.5 Å². The van der Waals surface area contributed by atoms with E-state index >= 15 is 8.78 Å². The van der Waals surface area contributed by atoms with Crippen LogP contribution in [0, 0.1) is 11.6 Å². The lowest BCUT2D eigenvalue weighted by molar-refractivity contribution is -0.120. The van der Waals surface area contributed by atoms with Crippen molar-refractivity contribution in [2.75, 3.05) is 62.3 Å². The fourth-order valence-corrected chi connectivity index (χ4v) is 9.09. The molecule has 4 aromatic carbocycles. The third kappa shape index (κ3) is 7.73. The molecule has 0 saturated carbocycles. The maximum Gasteiger partial charge on any atom is 0.329 e. The molecule has 0 bridgehead atoms. The van der Waals surface area contributed by atoms with Crippen molar-refractivity contribution in [1.82, 2.24) is 20.4 Å². The fourth-order valence-electron chi connectivity index (χ4n) is 8.84. The zero-order valence-corrected chi connectivity index (χ0v) is 34.4. The lowest BCUT2D eigenvalue weighted by atomic mass is 9.77. The largest absolute Gasteiger partial charge is 0.488 e. The van der Waals surface area contributed by atoms with Crippen molar-refractivity contribution in [3.8, 4) is 22.6 Å². The Morgan fingerprint density at radius 2 is 1.84 bits per heavy atom. The molecule has 3 aliphatic heterocycles. The van der Waals surface area contributed by atoms with Crippen molar-refractivity contribution in [2.45, 2.75) is 43.8 Å². The second kappa shape index (κ2) is 17.3. The molecule has 4 amide bonds. The van der Waals surface area contributed by atoms with Crippen molar-refractivity contribution in [3.05, 3.63) is 100 Å². The van der Waals surface area contributed by atoms with Gasteiger partial charge in [0.15, 0.2) is 23.0 Å². The number of aromatic nitrogens is 2. The third-order valence-electron chi connectivity index (χ3n) is 11.8. The van der Waals surface area contributed by atoms with Crippen molar-refractivity contribution < 1.29 is 42.5 Å². The minimum atomic E-state index is -1.11. The van der Waals surface area contributed by atoms with E-state index in [1.165, 1.54) is 23.1 Å². The topological polar surface area (TPSA) is 174 Å². The monoisotopic (exact) mass is 857 g/mol. The molecule has 0 radical (unpaired) electrons. The molecule has 0 spiro atoms. The molecule has 5 aromatic rings. The lowest BCUT2D eigenvalue weighted by Gasteiger charge is -2.35. The van der Waals surface area contributed by atoms with Crippen molar-refractivity contribution in [3.63, 3.8) is 0 Å². The van der Waals surface area contributed by atoms with Gasteiger partial charge in [-0.1, -0.05) is 54.9 Å². The highest BCUT2D eigenvalue weighted by Crippen LogP contribution is 2.56. The van der Waals surface area contributed by atoms with Gasteiger partial charge in [-0.05, 0) is 42.7 Å². The van der Waals surface area contributed by atoms with Crippen LogP contribution in [0.2, 0.25) is 5.02 Å². The first-order valence-electron chi connectivity index (χ1n) is 20.2. The lowest BCUT2D eigenvalue weighted by Crippen LogP contribution is -2.49. The molecule has 2 fully saturated rings. The summed E-state index contributed by atoms with van der Waals surface area (Å²) in [6.07, 6.45) is 1.79. The van der Waals surface area contributed by atoms with Crippen LogP contribution in [0.3, 0.4) is 0 Å². The maximum absolute atomic E-state index is 16.3. The quantitative estimate of drug-likeness (QED) is 0.101. The Hall–Kier alpha value is -5.81. The Kier molecular flexibility index (Phi) is 11.9. The molecule has 4 heterocycles. The molecular weight excluding hydrogens is 812 g/mol. The minimum absolute atomic E-state index is 0.0158. The molecule has 3 aliphatic rings. The van der Waals surface area contributed by atoms with Gasteiger partial charge < -0.3 is 35.3 Å². The van der Waals surface area contributed by atoms with E-state index in [2.05, 4.69) is 26.7 Å². The van der Waals surface area contributed by atoms with E-state index in [0.717, 1.165) is 48.1 Å². The number of piperidine rings is 1. The van der Waals surface area contributed by atoms with Crippen molar-refractivity contribution >= 4 is 51.9 Å². The van der Waals surface area contributed by atoms with Gasteiger partial charge in [-0.15, -0.1) is 0 Å². The number of benzene rings is 4. The molecule has 2 atom stereocenters. The smallest absolute Gasteiger partial charge is 0.329 e. The first-order chi connectivity index (χ1) is 29.4. The van der Waals surface area contributed by atoms with Gasteiger partial charge in [0.05, 0.1) is 41.1 Å². The summed E-state index contributed by atoms with van der Waals surface area (Å²) in [7, 11) is 1.85. The van der Waals surface area contributed by atoms with E-state index in [0.29, 0.717) is 24.5 Å². The second-order valence-corrected chi connectivity index (χ2v) is 15.8. The standard InChI is InChI=1S/C44H46ClF2N7O7/c1-25-35-33(23-30(46)38(45)37(35)36-28(41(48)57)11-12-32(39(36)47)60-22-20-55)61-44(25,26-7-4-3-5-8-26)24-49-16-21-59-27-13-17-53(18-14-27)31-10-6-9-29-40(31)52(2)51-42(29)54-19-15-34(56)50-43(54)58/h3-12,23,25,27,49,55H,13-22,24H2,1-2H3,(H2,48,57)(H,50,56,58). The summed E-state index contributed by atoms with van der Waals surface area (Å²) in [6, 6.07) is 18.6. The normalized spacial score (nSPS) is 19.3. The number of nitrogens with one attached hydrogen (secondary N) is 2. The Bertz CT molecular complexity index is 2500. The van der Waals surface area contributed by atoms with Gasteiger partial charge in [-0.3, -0.25) is 24.5 Å². The number of carbonyl (C=O) groups excluding carboxylic acids is 3. The number of fused-ring (bicyclic) bond motifs is 2. The average Bonchev–Trinajstić information content (AvgIpc) is 3.74. The summed E-state index contributed by atoms with van der Waals surface area (Å²) in [4.78, 5) is 40.9. The number of anilines is 2. The average molecular weight is 858 g/mol. The molecule has 14 nitrogen and oxygen atoms in total. The molecule has 8 rings (SSSR count). The molecule has 5 N–H and O–H groups in total. The number of amides is 4. The molecule has 0 aliphatic carbocycles. The number of carbonyl (C=O) groups is 3. The van der Waals surface area contributed by atoms with Gasteiger partial charge in [0.1, 0.15) is 18.2 Å². The van der Waals surface area contributed by atoms with E-state index in [4.69, 9.17) is 31.5 Å². The van der Waals surface area contributed by atoms with Gasteiger partial charge in [-0.2, -0.15) is 5.10 Å². The minimum Gasteiger partial charge on any atom is -0.488 e. The van der Waals surface area contributed by atoms with Crippen LogP contribution in [0.5, 0.6) is 11.5 Å². The molecular formula is C44H46ClF2N7O7. The number of aliphatic hydroxyl groups excluding tert-OH is 1. The third-order valence-corrected chi connectivity index (χ3v) is 12.2. The summed E-state index contributed by atoms with van der Waals surface area (Å²) in [5, 5.41) is 20.3. The van der Waals surface area contributed by atoms with E-state index < -0.39 is 40.1 Å². The van der Waals surface area contributed by atoms with Crippen LogP contribution in [0.1, 0.15) is 53.6 Å². The van der Waals surface area contributed by atoms with E-state index in [1.807, 2.05) is 56.4 Å². The number of aliphatic hydroxyl groups is 1. The molecule has 17 heteroatoms. The number of primary amides is 1. The number of hydrogen-bond donors (Lipinski definition) is 4. The zero-order chi connectivity index (χ0) is 43.0. The van der Waals surface area contributed by atoms with Crippen molar-refractivity contribution in [2.24, 2.45) is 12.8 Å². The molecule has 320 valence electrons. The van der Waals surface area contributed by atoms with Crippen molar-refractivity contribution in [1.29, 1.82) is 0 Å². The van der Waals surface area contributed by atoms with Gasteiger partial charge in [0, 0.05) is 80.3 Å². The Labute approximate surface area is 355 Å². The van der Waals surface area contributed by atoms with Crippen LogP contribution < -0.4 is 35.6 Å². The van der Waals surface area contributed by atoms with Crippen LogP contribution in [0.15, 0.2) is 66.7 Å². The highest BCUT2D eigenvalue weighted by atomic mass is 35.5.